The third-order valence-electron chi connectivity index (χ3n) is 5.24. The van der Waals surface area contributed by atoms with Gasteiger partial charge in [-0.25, -0.2) is 9.07 Å². The number of halogens is 1. The fourth-order valence-corrected chi connectivity index (χ4v) is 4.89. The summed E-state index contributed by atoms with van der Waals surface area (Å²) < 4.78 is 15.1. The molecule has 4 aromatic rings. The van der Waals surface area contributed by atoms with E-state index in [1.54, 1.807) is 16.8 Å². The van der Waals surface area contributed by atoms with E-state index < -0.39 is 0 Å². The molecule has 3 heterocycles. The van der Waals surface area contributed by atoms with Gasteiger partial charge in [-0.1, -0.05) is 24.3 Å². The van der Waals surface area contributed by atoms with Crippen molar-refractivity contribution in [1.82, 2.24) is 14.7 Å². The average molecular weight is 391 g/mol. The summed E-state index contributed by atoms with van der Waals surface area (Å²) in [4.78, 5) is 16.7. The number of carbonyl (C=O) groups is 1. The van der Waals surface area contributed by atoms with Crippen molar-refractivity contribution in [2.24, 2.45) is 0 Å². The van der Waals surface area contributed by atoms with Crippen LogP contribution >= 0.6 is 11.3 Å². The number of hydrogen-bond acceptors (Lipinski definition) is 3. The lowest BCUT2D eigenvalue weighted by molar-refractivity contribution is 0.0739. The number of aryl methyl sites for hydroxylation is 1. The molecule has 0 saturated heterocycles. The third-order valence-corrected chi connectivity index (χ3v) is 6.34. The second kappa shape index (κ2) is 6.56. The fraction of sp³-hybridized carbons (Fsp3) is 0.182. The number of aromatic nitrogens is 2. The molecule has 0 N–H and O–H groups in total. The molecule has 28 heavy (non-hydrogen) atoms. The molecule has 0 atom stereocenters. The van der Waals surface area contributed by atoms with E-state index in [1.165, 1.54) is 34.6 Å². The normalized spacial score (nSPS) is 13.7. The van der Waals surface area contributed by atoms with Crippen molar-refractivity contribution in [1.29, 1.82) is 0 Å². The predicted octanol–water partition coefficient (Wildman–Crippen LogP) is 4.73. The van der Waals surface area contributed by atoms with Crippen LogP contribution in [-0.2, 0) is 13.0 Å². The van der Waals surface area contributed by atoms with Gasteiger partial charge in [-0.05, 0) is 54.8 Å². The SMILES string of the molecule is Cc1nn(-c2ccc(F)cc2)c2sc(C(=O)N3CCc4ccccc4C3)cc12. The van der Waals surface area contributed by atoms with Crippen molar-refractivity contribution < 1.29 is 9.18 Å². The quantitative estimate of drug-likeness (QED) is 0.495. The van der Waals surface area contributed by atoms with Crippen LogP contribution in [0.15, 0.2) is 54.6 Å². The molecule has 5 rings (SSSR count). The molecule has 1 aliphatic rings. The minimum Gasteiger partial charge on any atom is -0.333 e. The Morgan fingerprint density at radius 1 is 1.11 bits per heavy atom. The standard InChI is InChI=1S/C22H18FN3OS/c1-14-19-12-20(21(27)25-11-10-15-4-2-3-5-16(15)13-25)28-22(19)26(24-14)18-8-6-17(23)7-9-18/h2-9,12H,10-11,13H2,1H3. The van der Waals surface area contributed by atoms with Gasteiger partial charge < -0.3 is 4.90 Å². The zero-order valence-corrected chi connectivity index (χ0v) is 16.2. The molecular weight excluding hydrogens is 373 g/mol. The summed E-state index contributed by atoms with van der Waals surface area (Å²) in [6.45, 7) is 3.31. The Balaban J connectivity index is 1.49. The first-order valence-corrected chi connectivity index (χ1v) is 10.0. The maximum absolute atomic E-state index is 13.3. The minimum atomic E-state index is -0.281. The number of hydrogen-bond donors (Lipinski definition) is 0. The molecule has 2 aromatic carbocycles. The topological polar surface area (TPSA) is 38.1 Å². The van der Waals surface area contributed by atoms with Crippen molar-refractivity contribution >= 4 is 27.5 Å². The molecular formula is C22H18FN3OS. The van der Waals surface area contributed by atoms with Gasteiger partial charge in [0, 0.05) is 18.5 Å². The van der Waals surface area contributed by atoms with E-state index in [0.29, 0.717) is 11.4 Å². The van der Waals surface area contributed by atoms with Crippen LogP contribution in [0.5, 0.6) is 0 Å². The van der Waals surface area contributed by atoms with Gasteiger partial charge in [0.25, 0.3) is 5.91 Å². The number of benzene rings is 2. The van der Waals surface area contributed by atoms with Gasteiger partial charge in [0.05, 0.1) is 16.3 Å². The van der Waals surface area contributed by atoms with Gasteiger partial charge in [0.1, 0.15) is 10.6 Å². The molecule has 0 radical (unpaired) electrons. The maximum Gasteiger partial charge on any atom is 0.264 e. The first-order valence-electron chi connectivity index (χ1n) is 9.21. The molecule has 0 aliphatic carbocycles. The average Bonchev–Trinajstić information content (AvgIpc) is 3.28. The lowest BCUT2D eigenvalue weighted by atomic mass is 10.00. The summed E-state index contributed by atoms with van der Waals surface area (Å²) >= 11 is 1.44. The minimum absolute atomic E-state index is 0.0563. The maximum atomic E-state index is 13.3. The number of nitrogens with zero attached hydrogens (tertiary/aromatic N) is 3. The number of amides is 1. The molecule has 4 nitrogen and oxygen atoms in total. The highest BCUT2D eigenvalue weighted by Crippen LogP contribution is 2.32. The molecule has 2 aromatic heterocycles. The molecule has 1 aliphatic heterocycles. The molecule has 1 amide bonds. The first kappa shape index (κ1) is 17.1. The lowest BCUT2D eigenvalue weighted by Gasteiger charge is -2.28. The van der Waals surface area contributed by atoms with Crippen LogP contribution in [-0.4, -0.2) is 27.1 Å². The number of rotatable bonds is 2. The molecule has 0 fully saturated rings. The first-order chi connectivity index (χ1) is 13.6. The highest BCUT2D eigenvalue weighted by Gasteiger charge is 2.24. The van der Waals surface area contributed by atoms with E-state index in [-0.39, 0.29) is 11.7 Å². The van der Waals surface area contributed by atoms with Crippen molar-refractivity contribution in [2.75, 3.05) is 6.54 Å². The van der Waals surface area contributed by atoms with Crippen molar-refractivity contribution in [3.63, 3.8) is 0 Å². The zero-order chi connectivity index (χ0) is 19.3. The summed E-state index contributed by atoms with van der Waals surface area (Å²) in [6, 6.07) is 16.5. The summed E-state index contributed by atoms with van der Waals surface area (Å²) in [5, 5.41) is 5.54. The van der Waals surface area contributed by atoms with E-state index in [1.807, 2.05) is 30.0 Å². The largest absolute Gasteiger partial charge is 0.333 e. The molecule has 0 unspecified atom stereocenters. The Hall–Kier alpha value is -2.99. The molecule has 140 valence electrons. The zero-order valence-electron chi connectivity index (χ0n) is 15.4. The van der Waals surface area contributed by atoms with Crippen LogP contribution in [0.25, 0.3) is 15.9 Å². The fourth-order valence-electron chi connectivity index (χ4n) is 3.73. The van der Waals surface area contributed by atoms with E-state index >= 15 is 0 Å². The van der Waals surface area contributed by atoms with Crippen molar-refractivity contribution in [3.05, 3.63) is 82.1 Å². The van der Waals surface area contributed by atoms with Crippen LogP contribution in [0.1, 0.15) is 26.5 Å². The Labute approximate surface area is 165 Å². The summed E-state index contributed by atoms with van der Waals surface area (Å²) in [7, 11) is 0. The van der Waals surface area contributed by atoms with Crippen molar-refractivity contribution in [3.8, 4) is 5.69 Å². The Morgan fingerprint density at radius 3 is 2.64 bits per heavy atom. The predicted molar refractivity (Wildman–Crippen MR) is 109 cm³/mol. The third kappa shape index (κ3) is 2.81. The van der Waals surface area contributed by atoms with Crippen LogP contribution < -0.4 is 0 Å². The monoisotopic (exact) mass is 391 g/mol. The second-order valence-electron chi connectivity index (χ2n) is 7.05. The second-order valence-corrected chi connectivity index (χ2v) is 8.08. The number of carbonyl (C=O) groups excluding carboxylic acids is 1. The molecule has 0 saturated carbocycles. The van der Waals surface area contributed by atoms with E-state index in [2.05, 4.69) is 17.2 Å². The van der Waals surface area contributed by atoms with Gasteiger partial charge in [0.15, 0.2) is 0 Å². The van der Waals surface area contributed by atoms with Crippen LogP contribution in [0, 0.1) is 12.7 Å². The van der Waals surface area contributed by atoms with E-state index in [4.69, 9.17) is 0 Å². The van der Waals surface area contributed by atoms with Gasteiger partial charge in [-0.3, -0.25) is 4.79 Å². The Kier molecular flexibility index (Phi) is 4.02. The Morgan fingerprint density at radius 2 is 1.86 bits per heavy atom. The highest BCUT2D eigenvalue weighted by molar-refractivity contribution is 7.20. The van der Waals surface area contributed by atoms with Crippen molar-refractivity contribution in [2.45, 2.75) is 19.9 Å². The summed E-state index contributed by atoms with van der Waals surface area (Å²) in [5.74, 6) is -0.225. The number of fused-ring (bicyclic) bond motifs is 2. The van der Waals surface area contributed by atoms with Gasteiger partial charge in [0.2, 0.25) is 0 Å². The Bertz CT molecular complexity index is 1190. The van der Waals surface area contributed by atoms with Gasteiger partial charge >= 0.3 is 0 Å². The van der Waals surface area contributed by atoms with E-state index in [9.17, 15) is 9.18 Å². The molecule has 6 heteroatoms. The molecule has 0 bridgehead atoms. The number of thiophene rings is 1. The molecule has 0 spiro atoms. The summed E-state index contributed by atoms with van der Waals surface area (Å²) in [6.07, 6.45) is 0.884. The lowest BCUT2D eigenvalue weighted by Crippen LogP contribution is -2.35. The van der Waals surface area contributed by atoms with Gasteiger partial charge in [-0.2, -0.15) is 5.10 Å². The van der Waals surface area contributed by atoms with Crippen LogP contribution in [0.2, 0.25) is 0 Å². The highest BCUT2D eigenvalue weighted by atomic mass is 32.1. The summed E-state index contributed by atoms with van der Waals surface area (Å²) in [5.41, 5.74) is 4.19. The van der Waals surface area contributed by atoms with E-state index in [0.717, 1.165) is 34.6 Å². The smallest absolute Gasteiger partial charge is 0.264 e. The van der Waals surface area contributed by atoms with Gasteiger partial charge in [-0.15, -0.1) is 11.3 Å². The van der Waals surface area contributed by atoms with Crippen LogP contribution in [0.3, 0.4) is 0 Å². The van der Waals surface area contributed by atoms with Crippen LogP contribution in [0.4, 0.5) is 4.39 Å².